The summed E-state index contributed by atoms with van der Waals surface area (Å²) in [6.45, 7) is 3.06. The second-order valence-corrected chi connectivity index (χ2v) is 8.23. The van der Waals surface area contributed by atoms with Crippen LogP contribution in [-0.4, -0.2) is 39.7 Å². The lowest BCUT2D eigenvalue weighted by Crippen LogP contribution is -2.47. The van der Waals surface area contributed by atoms with E-state index in [1.807, 2.05) is 66.7 Å². The van der Waals surface area contributed by atoms with Gasteiger partial charge in [0.25, 0.3) is 11.5 Å². The molecular weight excluding hydrogens is 388 g/mol. The van der Waals surface area contributed by atoms with Gasteiger partial charge in [-0.2, -0.15) is 0 Å². The number of nitrogens with zero attached hydrogens (tertiary/aromatic N) is 2. The summed E-state index contributed by atoms with van der Waals surface area (Å²) in [4.78, 5) is 28.0. The van der Waals surface area contributed by atoms with Crippen LogP contribution in [0.25, 0.3) is 0 Å². The van der Waals surface area contributed by atoms with E-state index >= 15 is 0 Å². The third-order valence-electron chi connectivity index (χ3n) is 6.17. The molecule has 31 heavy (non-hydrogen) atoms. The molecule has 2 aromatic carbocycles. The molecule has 1 saturated heterocycles. The van der Waals surface area contributed by atoms with Gasteiger partial charge in [0, 0.05) is 31.7 Å². The molecule has 0 saturated carbocycles. The number of benzene rings is 2. The number of β-amino-alcohol motifs (C(OH)–C–C–N with tert-alkyl or cyclic N) is 1. The minimum absolute atomic E-state index is 0.00431. The van der Waals surface area contributed by atoms with Crippen molar-refractivity contribution >= 4 is 5.91 Å². The molecule has 0 aliphatic carbocycles. The second kappa shape index (κ2) is 9.31. The summed E-state index contributed by atoms with van der Waals surface area (Å²) in [5, 5.41) is 10.7. The summed E-state index contributed by atoms with van der Waals surface area (Å²) in [6.07, 6.45) is 2.50. The molecule has 1 fully saturated rings. The Morgan fingerprint density at radius 1 is 1.03 bits per heavy atom. The lowest BCUT2D eigenvalue weighted by atomic mass is 9.87. The van der Waals surface area contributed by atoms with E-state index in [9.17, 15) is 14.7 Å². The summed E-state index contributed by atoms with van der Waals surface area (Å²) in [7, 11) is 0. The van der Waals surface area contributed by atoms with Crippen molar-refractivity contribution in [3.05, 3.63) is 106 Å². The van der Waals surface area contributed by atoms with Crippen LogP contribution in [0.3, 0.4) is 0 Å². The van der Waals surface area contributed by atoms with Gasteiger partial charge in [-0.15, -0.1) is 0 Å². The first-order valence-electron chi connectivity index (χ1n) is 10.8. The zero-order valence-corrected chi connectivity index (χ0v) is 17.8. The van der Waals surface area contributed by atoms with Crippen LogP contribution in [0.2, 0.25) is 0 Å². The molecule has 1 aromatic heterocycles. The molecule has 2 atom stereocenters. The Hall–Kier alpha value is -3.18. The maximum atomic E-state index is 13.3. The largest absolute Gasteiger partial charge is 0.391 e. The Morgan fingerprint density at radius 3 is 2.39 bits per heavy atom. The quantitative estimate of drug-likeness (QED) is 0.694. The standard InChI is InChI=1S/C26H28N2O3/c1-19-12-15-27(16-13-20-8-4-2-5-9-20)25(30)24(19)26(31)28-17-14-22(23(29)18-28)21-10-6-3-7-11-21/h2-12,15,22-23,29H,13-14,16-18H2,1H3/t22-,23+/m0/s1. The second-order valence-electron chi connectivity index (χ2n) is 8.23. The number of carbonyl (C=O) groups is 1. The molecule has 0 unspecified atom stereocenters. The number of aliphatic hydroxyl groups is 1. The Bertz CT molecular complexity index is 1090. The van der Waals surface area contributed by atoms with E-state index in [0.29, 0.717) is 25.1 Å². The Labute approximate surface area is 182 Å². The normalized spacial score (nSPS) is 18.7. The first-order valence-corrected chi connectivity index (χ1v) is 10.8. The number of rotatable bonds is 5. The van der Waals surface area contributed by atoms with Crippen molar-refractivity contribution in [1.82, 2.24) is 9.47 Å². The van der Waals surface area contributed by atoms with E-state index < -0.39 is 6.10 Å². The van der Waals surface area contributed by atoms with Gasteiger partial charge in [-0.1, -0.05) is 60.7 Å². The fraction of sp³-hybridized carbons (Fsp3) is 0.308. The van der Waals surface area contributed by atoms with Gasteiger partial charge in [0.05, 0.1) is 6.10 Å². The molecule has 1 amide bonds. The monoisotopic (exact) mass is 416 g/mol. The maximum Gasteiger partial charge on any atom is 0.263 e. The molecule has 5 heteroatoms. The zero-order valence-electron chi connectivity index (χ0n) is 17.8. The molecule has 2 heterocycles. The minimum atomic E-state index is -0.649. The van der Waals surface area contributed by atoms with Gasteiger partial charge in [-0.05, 0) is 42.5 Å². The van der Waals surface area contributed by atoms with Crippen LogP contribution in [-0.2, 0) is 13.0 Å². The summed E-state index contributed by atoms with van der Waals surface area (Å²) in [5.41, 5.74) is 2.85. The Balaban J connectivity index is 1.50. The van der Waals surface area contributed by atoms with Crippen LogP contribution in [0.15, 0.2) is 77.7 Å². The van der Waals surface area contributed by atoms with Crippen molar-refractivity contribution in [3.63, 3.8) is 0 Å². The van der Waals surface area contributed by atoms with E-state index in [1.54, 1.807) is 22.6 Å². The van der Waals surface area contributed by atoms with Crippen molar-refractivity contribution in [1.29, 1.82) is 0 Å². The average molecular weight is 417 g/mol. The molecule has 1 aliphatic heterocycles. The molecular formula is C26H28N2O3. The zero-order chi connectivity index (χ0) is 21.8. The van der Waals surface area contributed by atoms with E-state index in [0.717, 1.165) is 17.5 Å². The van der Waals surface area contributed by atoms with Crippen molar-refractivity contribution < 1.29 is 9.90 Å². The summed E-state index contributed by atoms with van der Waals surface area (Å²) in [5.74, 6) is -0.285. The van der Waals surface area contributed by atoms with Gasteiger partial charge < -0.3 is 14.6 Å². The van der Waals surface area contributed by atoms with Crippen molar-refractivity contribution in [3.8, 4) is 0 Å². The van der Waals surface area contributed by atoms with Crippen LogP contribution < -0.4 is 5.56 Å². The van der Waals surface area contributed by atoms with Crippen molar-refractivity contribution in [2.75, 3.05) is 13.1 Å². The van der Waals surface area contributed by atoms with Crippen LogP contribution >= 0.6 is 0 Å². The topological polar surface area (TPSA) is 62.5 Å². The molecule has 5 nitrogen and oxygen atoms in total. The van der Waals surface area contributed by atoms with Gasteiger partial charge in [-0.3, -0.25) is 9.59 Å². The predicted octanol–water partition coefficient (Wildman–Crippen LogP) is 3.39. The van der Waals surface area contributed by atoms with Gasteiger partial charge >= 0.3 is 0 Å². The molecule has 4 rings (SSSR count). The fourth-order valence-electron chi connectivity index (χ4n) is 4.36. The van der Waals surface area contributed by atoms with E-state index in [4.69, 9.17) is 0 Å². The van der Waals surface area contributed by atoms with E-state index in [1.165, 1.54) is 0 Å². The van der Waals surface area contributed by atoms with Crippen molar-refractivity contribution in [2.24, 2.45) is 0 Å². The molecule has 160 valence electrons. The third-order valence-corrected chi connectivity index (χ3v) is 6.17. The number of aryl methyl sites for hydroxylation is 3. The number of piperidine rings is 1. The summed E-state index contributed by atoms with van der Waals surface area (Å²) < 4.78 is 1.61. The number of carbonyl (C=O) groups excluding carboxylic acids is 1. The smallest absolute Gasteiger partial charge is 0.263 e. The van der Waals surface area contributed by atoms with Gasteiger partial charge in [0.15, 0.2) is 0 Å². The highest BCUT2D eigenvalue weighted by Crippen LogP contribution is 2.29. The molecule has 3 aromatic rings. The van der Waals surface area contributed by atoms with Crippen LogP contribution in [0.5, 0.6) is 0 Å². The Morgan fingerprint density at radius 2 is 1.71 bits per heavy atom. The maximum absolute atomic E-state index is 13.3. The van der Waals surface area contributed by atoms with E-state index in [-0.39, 0.29) is 29.5 Å². The average Bonchev–Trinajstić information content (AvgIpc) is 2.79. The number of pyridine rings is 1. The van der Waals surface area contributed by atoms with Crippen LogP contribution in [0.4, 0.5) is 0 Å². The highest BCUT2D eigenvalue weighted by Gasteiger charge is 2.32. The highest BCUT2D eigenvalue weighted by molar-refractivity contribution is 5.95. The lowest BCUT2D eigenvalue weighted by molar-refractivity contribution is 0.0379. The SMILES string of the molecule is Cc1ccn(CCc2ccccc2)c(=O)c1C(=O)N1CC[C@@H](c2ccccc2)[C@H](O)C1. The molecule has 1 aliphatic rings. The first kappa shape index (κ1) is 21.1. The fourth-order valence-corrected chi connectivity index (χ4v) is 4.36. The van der Waals surface area contributed by atoms with Crippen LogP contribution in [0, 0.1) is 6.92 Å². The molecule has 1 N–H and O–H groups in total. The first-order chi connectivity index (χ1) is 15.0. The summed E-state index contributed by atoms with van der Waals surface area (Å²) in [6, 6.07) is 21.7. The minimum Gasteiger partial charge on any atom is -0.391 e. The lowest BCUT2D eigenvalue weighted by Gasteiger charge is -2.36. The van der Waals surface area contributed by atoms with Gasteiger partial charge in [0.2, 0.25) is 0 Å². The molecule has 0 bridgehead atoms. The van der Waals surface area contributed by atoms with Gasteiger partial charge in [-0.25, -0.2) is 0 Å². The molecule has 0 radical (unpaired) electrons. The van der Waals surface area contributed by atoms with Crippen molar-refractivity contribution in [2.45, 2.75) is 38.3 Å². The number of hydrogen-bond donors (Lipinski definition) is 1. The molecule has 0 spiro atoms. The number of aromatic nitrogens is 1. The number of hydrogen-bond acceptors (Lipinski definition) is 3. The Kier molecular flexibility index (Phi) is 6.33. The highest BCUT2D eigenvalue weighted by atomic mass is 16.3. The number of aliphatic hydroxyl groups excluding tert-OH is 1. The number of amides is 1. The van der Waals surface area contributed by atoms with Crippen LogP contribution in [0.1, 0.15) is 39.4 Å². The number of likely N-dealkylation sites (tertiary alicyclic amines) is 1. The predicted molar refractivity (Wildman–Crippen MR) is 121 cm³/mol. The van der Waals surface area contributed by atoms with Gasteiger partial charge in [0.1, 0.15) is 5.56 Å². The van der Waals surface area contributed by atoms with E-state index in [2.05, 4.69) is 0 Å². The third kappa shape index (κ3) is 4.62. The summed E-state index contributed by atoms with van der Waals surface area (Å²) >= 11 is 0.